The Morgan fingerprint density at radius 2 is 1.89 bits per heavy atom. The monoisotopic (exact) mass is 383 g/mol. The number of aliphatic imine (C=N–C) groups is 1. The summed E-state index contributed by atoms with van der Waals surface area (Å²) in [6.07, 6.45) is 5.46. The smallest absolute Gasteiger partial charge is 0.191 e. The first-order chi connectivity index (χ1) is 8.76. The van der Waals surface area contributed by atoms with Crippen LogP contribution in [0.1, 0.15) is 39.5 Å². The summed E-state index contributed by atoms with van der Waals surface area (Å²) in [4.78, 5) is 4.22. The Morgan fingerprint density at radius 3 is 2.47 bits per heavy atom. The van der Waals surface area contributed by atoms with Crippen LogP contribution >= 0.6 is 24.0 Å². The Balaban J connectivity index is 0.00000324. The number of halogens is 1. The second kappa shape index (κ2) is 11.8. The van der Waals surface area contributed by atoms with E-state index in [-0.39, 0.29) is 24.0 Å². The molecule has 0 spiro atoms. The Labute approximate surface area is 135 Å². The summed E-state index contributed by atoms with van der Waals surface area (Å²) >= 11 is 0. The average molecular weight is 383 g/mol. The molecule has 0 bridgehead atoms. The fourth-order valence-corrected chi connectivity index (χ4v) is 2.38. The molecule has 19 heavy (non-hydrogen) atoms. The fraction of sp³-hybridized carbons (Fsp3) is 0.929. The first-order valence-electron chi connectivity index (χ1n) is 7.28. The van der Waals surface area contributed by atoms with Crippen molar-refractivity contribution in [1.29, 1.82) is 0 Å². The van der Waals surface area contributed by atoms with Crippen LogP contribution in [0, 0.1) is 11.8 Å². The third-order valence-electron chi connectivity index (χ3n) is 3.66. The lowest BCUT2D eigenvalue weighted by Crippen LogP contribution is -2.41. The van der Waals surface area contributed by atoms with Gasteiger partial charge in [0.2, 0.25) is 0 Å². The van der Waals surface area contributed by atoms with E-state index in [9.17, 15) is 0 Å². The zero-order valence-corrected chi connectivity index (χ0v) is 14.9. The Kier molecular flexibility index (Phi) is 11.7. The number of ether oxygens (including phenoxy) is 1. The SMILES string of the molecule is CCOCCNC(=NC)NCC1CCC(C)CC1.I. The maximum Gasteiger partial charge on any atom is 0.191 e. The molecule has 114 valence electrons. The van der Waals surface area contributed by atoms with Crippen molar-refractivity contribution in [2.45, 2.75) is 39.5 Å². The minimum Gasteiger partial charge on any atom is -0.380 e. The summed E-state index contributed by atoms with van der Waals surface area (Å²) in [5.41, 5.74) is 0. The Morgan fingerprint density at radius 1 is 1.21 bits per heavy atom. The van der Waals surface area contributed by atoms with E-state index in [1.54, 1.807) is 0 Å². The molecule has 1 aliphatic rings. The molecular formula is C14H30IN3O. The van der Waals surface area contributed by atoms with E-state index in [1.165, 1.54) is 25.7 Å². The first kappa shape index (κ1) is 19.0. The molecule has 2 N–H and O–H groups in total. The molecule has 0 aromatic rings. The van der Waals surface area contributed by atoms with Gasteiger partial charge in [-0.15, -0.1) is 24.0 Å². The highest BCUT2D eigenvalue weighted by atomic mass is 127. The van der Waals surface area contributed by atoms with Crippen molar-refractivity contribution in [3.05, 3.63) is 0 Å². The van der Waals surface area contributed by atoms with Gasteiger partial charge in [-0.05, 0) is 31.6 Å². The largest absolute Gasteiger partial charge is 0.380 e. The minimum absolute atomic E-state index is 0. The molecule has 5 heteroatoms. The zero-order valence-electron chi connectivity index (χ0n) is 12.6. The van der Waals surface area contributed by atoms with Crippen LogP contribution in [0.5, 0.6) is 0 Å². The number of rotatable bonds is 6. The maximum absolute atomic E-state index is 5.29. The Bertz CT molecular complexity index is 241. The third kappa shape index (κ3) is 8.68. The van der Waals surface area contributed by atoms with Crippen LogP contribution in [0.4, 0.5) is 0 Å². The molecular weight excluding hydrogens is 353 g/mol. The summed E-state index contributed by atoms with van der Waals surface area (Å²) in [5.74, 6) is 2.63. The quantitative estimate of drug-likeness (QED) is 0.321. The van der Waals surface area contributed by atoms with E-state index in [0.29, 0.717) is 0 Å². The Hall–Kier alpha value is -0.0400. The van der Waals surface area contributed by atoms with Crippen LogP contribution < -0.4 is 10.6 Å². The summed E-state index contributed by atoms with van der Waals surface area (Å²) in [5, 5.41) is 6.68. The zero-order chi connectivity index (χ0) is 13.2. The van der Waals surface area contributed by atoms with E-state index >= 15 is 0 Å². The van der Waals surface area contributed by atoms with E-state index in [0.717, 1.165) is 44.1 Å². The van der Waals surface area contributed by atoms with Gasteiger partial charge in [-0.1, -0.05) is 19.8 Å². The highest BCUT2D eigenvalue weighted by molar-refractivity contribution is 14.0. The van der Waals surface area contributed by atoms with Crippen LogP contribution in [0.2, 0.25) is 0 Å². The molecule has 0 aliphatic heterocycles. The molecule has 0 aromatic carbocycles. The molecule has 0 saturated heterocycles. The number of hydrogen-bond acceptors (Lipinski definition) is 2. The van der Waals surface area contributed by atoms with E-state index in [4.69, 9.17) is 4.74 Å². The van der Waals surface area contributed by atoms with E-state index in [1.807, 2.05) is 14.0 Å². The van der Waals surface area contributed by atoms with Gasteiger partial charge in [-0.25, -0.2) is 0 Å². The van der Waals surface area contributed by atoms with Crippen molar-refractivity contribution in [3.8, 4) is 0 Å². The second-order valence-electron chi connectivity index (χ2n) is 5.20. The number of nitrogens with zero attached hydrogens (tertiary/aromatic N) is 1. The van der Waals surface area contributed by atoms with Gasteiger partial charge in [0, 0.05) is 26.7 Å². The van der Waals surface area contributed by atoms with Gasteiger partial charge < -0.3 is 15.4 Å². The van der Waals surface area contributed by atoms with E-state index < -0.39 is 0 Å². The molecule has 1 saturated carbocycles. The molecule has 0 amide bonds. The van der Waals surface area contributed by atoms with Gasteiger partial charge in [0.25, 0.3) is 0 Å². The van der Waals surface area contributed by atoms with Crippen molar-refractivity contribution in [1.82, 2.24) is 10.6 Å². The van der Waals surface area contributed by atoms with Crippen molar-refractivity contribution >= 4 is 29.9 Å². The topological polar surface area (TPSA) is 45.6 Å². The molecule has 4 nitrogen and oxygen atoms in total. The van der Waals surface area contributed by atoms with Crippen LogP contribution in [-0.2, 0) is 4.74 Å². The van der Waals surface area contributed by atoms with Crippen LogP contribution in [0.3, 0.4) is 0 Å². The highest BCUT2D eigenvalue weighted by Gasteiger charge is 2.18. The van der Waals surface area contributed by atoms with Gasteiger partial charge in [0.05, 0.1) is 6.61 Å². The van der Waals surface area contributed by atoms with Crippen molar-refractivity contribution in [2.75, 3.05) is 33.4 Å². The van der Waals surface area contributed by atoms with Gasteiger partial charge in [0.15, 0.2) is 5.96 Å². The minimum atomic E-state index is 0. The van der Waals surface area contributed by atoms with Crippen molar-refractivity contribution in [3.63, 3.8) is 0 Å². The van der Waals surface area contributed by atoms with Gasteiger partial charge in [-0.2, -0.15) is 0 Å². The number of nitrogens with one attached hydrogen (secondary N) is 2. The lowest BCUT2D eigenvalue weighted by Gasteiger charge is -2.26. The second-order valence-corrected chi connectivity index (χ2v) is 5.20. The number of hydrogen-bond donors (Lipinski definition) is 2. The van der Waals surface area contributed by atoms with E-state index in [2.05, 4.69) is 22.5 Å². The summed E-state index contributed by atoms with van der Waals surface area (Å²) in [6, 6.07) is 0. The molecule has 1 aliphatic carbocycles. The molecule has 0 radical (unpaired) electrons. The van der Waals surface area contributed by atoms with Gasteiger partial charge in [0.1, 0.15) is 0 Å². The highest BCUT2D eigenvalue weighted by Crippen LogP contribution is 2.27. The third-order valence-corrected chi connectivity index (χ3v) is 3.66. The standard InChI is InChI=1S/C14H29N3O.HI/c1-4-18-10-9-16-14(15-3)17-11-13-7-5-12(2)6-8-13;/h12-13H,4-11H2,1-3H3,(H2,15,16,17);1H. The fourth-order valence-electron chi connectivity index (χ4n) is 2.38. The van der Waals surface area contributed by atoms with Crippen LogP contribution in [0.25, 0.3) is 0 Å². The lowest BCUT2D eigenvalue weighted by molar-refractivity contribution is 0.152. The average Bonchev–Trinajstić information content (AvgIpc) is 2.40. The molecule has 1 rings (SSSR count). The maximum atomic E-state index is 5.29. The van der Waals surface area contributed by atoms with Crippen molar-refractivity contribution in [2.24, 2.45) is 16.8 Å². The van der Waals surface area contributed by atoms with Crippen LogP contribution in [-0.4, -0.2) is 39.3 Å². The normalized spacial score (nSPS) is 23.6. The molecule has 1 fully saturated rings. The van der Waals surface area contributed by atoms with Crippen molar-refractivity contribution < 1.29 is 4.74 Å². The number of guanidine groups is 1. The first-order valence-corrected chi connectivity index (χ1v) is 7.28. The predicted molar refractivity (Wildman–Crippen MR) is 92.4 cm³/mol. The molecule has 0 atom stereocenters. The van der Waals surface area contributed by atoms with Gasteiger partial charge >= 0.3 is 0 Å². The van der Waals surface area contributed by atoms with Crippen LogP contribution in [0.15, 0.2) is 4.99 Å². The summed E-state index contributed by atoms with van der Waals surface area (Å²) in [7, 11) is 1.82. The summed E-state index contributed by atoms with van der Waals surface area (Å²) in [6.45, 7) is 7.73. The molecule has 0 unspecified atom stereocenters. The molecule has 0 heterocycles. The predicted octanol–water partition coefficient (Wildman–Crippen LogP) is 2.63. The summed E-state index contributed by atoms with van der Waals surface area (Å²) < 4.78 is 5.29. The van der Waals surface area contributed by atoms with Gasteiger partial charge in [-0.3, -0.25) is 4.99 Å². The molecule has 0 aromatic heterocycles. The lowest BCUT2D eigenvalue weighted by atomic mass is 9.83.